The molecule has 0 aliphatic heterocycles. The summed E-state index contributed by atoms with van der Waals surface area (Å²) >= 11 is 0. The average molecular weight is 502 g/mol. The summed E-state index contributed by atoms with van der Waals surface area (Å²) in [4.78, 5) is 24.3. The number of hydrogen-bond acceptors (Lipinski definition) is 10. The van der Waals surface area contributed by atoms with Crippen LogP contribution in [0, 0.1) is 0 Å². The number of carboxylic acid groups (broad SMARTS) is 1. The maximum absolute atomic E-state index is 12.3. The van der Waals surface area contributed by atoms with Gasteiger partial charge < -0.3 is 45.2 Å². The molecule has 2 aromatic rings. The molecule has 0 bridgehead atoms. The first kappa shape index (κ1) is 26.5. The van der Waals surface area contributed by atoms with Crippen molar-refractivity contribution >= 4 is 24.1 Å². The van der Waals surface area contributed by atoms with Crippen LogP contribution >= 0.6 is 0 Å². The van der Waals surface area contributed by atoms with Crippen molar-refractivity contribution in [2.75, 3.05) is 6.61 Å². The highest BCUT2D eigenvalue weighted by Crippen LogP contribution is 2.35. The number of phenolic OH excluding ortho intramolecular Hbond substituents is 4. The number of aromatic hydroxyl groups is 4. The molecule has 7 N–H and O–H groups in total. The smallest absolute Gasteiger partial charge is 0.348 e. The molecule has 2 atom stereocenters. The molecule has 1 aliphatic rings. The van der Waals surface area contributed by atoms with E-state index >= 15 is 0 Å². The van der Waals surface area contributed by atoms with Crippen LogP contribution in [-0.2, 0) is 19.1 Å². The summed E-state index contributed by atoms with van der Waals surface area (Å²) in [5, 5.41) is 68.4. The maximum Gasteiger partial charge on any atom is 0.348 e. The number of ether oxygens (including phenoxy) is 2. The fourth-order valence-corrected chi connectivity index (χ4v) is 3.80. The van der Waals surface area contributed by atoms with Crippen molar-refractivity contribution in [3.05, 3.63) is 59.7 Å². The van der Waals surface area contributed by atoms with Crippen LogP contribution in [-0.4, -0.2) is 78.2 Å². The number of rotatable bonds is 8. The number of hydrogen-bond donors (Lipinski definition) is 7. The van der Waals surface area contributed by atoms with Gasteiger partial charge in [0.2, 0.25) is 5.60 Å². The number of carboxylic acids is 1. The Balaban J connectivity index is 1.61. The fraction of sp³-hybridized carbons (Fsp3) is 0.280. The maximum atomic E-state index is 12.3. The summed E-state index contributed by atoms with van der Waals surface area (Å²) in [7, 11) is 0. The van der Waals surface area contributed by atoms with Crippen molar-refractivity contribution in [2.45, 2.75) is 36.8 Å². The molecule has 36 heavy (non-hydrogen) atoms. The predicted octanol–water partition coefficient (Wildman–Crippen LogP) is 1.50. The molecule has 0 unspecified atom stereocenters. The molecule has 1 saturated carbocycles. The quantitative estimate of drug-likeness (QED) is 0.157. The van der Waals surface area contributed by atoms with Crippen molar-refractivity contribution in [1.82, 2.24) is 0 Å². The Hall–Kier alpha value is -4.06. The number of aliphatic hydroxyl groups is 2. The lowest BCUT2D eigenvalue weighted by Crippen LogP contribution is -2.58. The standard InChI is InChI=1S/C25H26O11/c26-16-6-3-14(10-18(16)28)2-1-9-35-23-20(30)12-25(24(33)34,13-21(23)31)36-22(32)8-5-15-4-7-17(27)19(29)11-15/h1-8,10-11,20-21,23,26-31H,9,12-13H2,(H,33,34)/b2-1+,8-5+/t20-,21-,23-,25+/m1/s1. The zero-order valence-corrected chi connectivity index (χ0v) is 18.9. The first-order chi connectivity index (χ1) is 17.0. The molecule has 0 radical (unpaired) electrons. The molecule has 11 heteroatoms. The normalized spacial score (nSPS) is 24.2. The molecule has 11 nitrogen and oxygen atoms in total. The van der Waals surface area contributed by atoms with Crippen LogP contribution in [0.15, 0.2) is 48.6 Å². The lowest BCUT2D eigenvalue weighted by atomic mass is 9.79. The Bertz CT molecular complexity index is 1160. The molecule has 1 fully saturated rings. The third-order valence-electron chi connectivity index (χ3n) is 5.63. The van der Waals surface area contributed by atoms with Gasteiger partial charge in [0.15, 0.2) is 23.0 Å². The third kappa shape index (κ3) is 6.33. The van der Waals surface area contributed by atoms with Crippen LogP contribution in [0.1, 0.15) is 24.0 Å². The van der Waals surface area contributed by atoms with Gasteiger partial charge in [-0.25, -0.2) is 9.59 Å². The highest BCUT2D eigenvalue weighted by atomic mass is 16.6. The van der Waals surface area contributed by atoms with Gasteiger partial charge in [-0.1, -0.05) is 24.3 Å². The number of phenols is 4. The van der Waals surface area contributed by atoms with Crippen molar-refractivity contribution < 1.29 is 54.8 Å². The van der Waals surface area contributed by atoms with Crippen molar-refractivity contribution in [2.24, 2.45) is 0 Å². The van der Waals surface area contributed by atoms with E-state index in [9.17, 15) is 45.3 Å². The number of aliphatic hydroxyl groups excluding tert-OH is 2. The Morgan fingerprint density at radius 3 is 1.89 bits per heavy atom. The summed E-state index contributed by atoms with van der Waals surface area (Å²) in [5.41, 5.74) is -1.30. The lowest BCUT2D eigenvalue weighted by molar-refractivity contribution is -0.206. The van der Waals surface area contributed by atoms with Gasteiger partial charge in [0.25, 0.3) is 0 Å². The van der Waals surface area contributed by atoms with E-state index in [4.69, 9.17) is 9.47 Å². The predicted molar refractivity (Wildman–Crippen MR) is 125 cm³/mol. The number of esters is 1. The van der Waals surface area contributed by atoms with Crippen molar-refractivity contribution in [1.29, 1.82) is 0 Å². The Kier molecular flexibility index (Phi) is 8.20. The van der Waals surface area contributed by atoms with Crippen LogP contribution < -0.4 is 0 Å². The van der Waals surface area contributed by atoms with Crippen molar-refractivity contribution in [3.8, 4) is 23.0 Å². The lowest BCUT2D eigenvalue weighted by Gasteiger charge is -2.41. The summed E-state index contributed by atoms with van der Waals surface area (Å²) < 4.78 is 10.6. The van der Waals surface area contributed by atoms with E-state index in [1.165, 1.54) is 42.5 Å². The number of aliphatic carboxylic acids is 1. The van der Waals surface area contributed by atoms with Gasteiger partial charge in [-0.3, -0.25) is 0 Å². The molecule has 1 aliphatic carbocycles. The topological polar surface area (TPSA) is 194 Å². The van der Waals surface area contributed by atoms with E-state index in [2.05, 4.69) is 0 Å². The molecule has 0 amide bonds. The van der Waals surface area contributed by atoms with E-state index in [0.717, 1.165) is 6.08 Å². The SMILES string of the molecule is O=C(/C=C/c1ccc(O)c(O)c1)O[C@]1(C(=O)O)C[C@@H](O)[C@H](OC/C=C/c2ccc(O)c(O)c2)[C@H](O)C1. The van der Waals surface area contributed by atoms with Crippen LogP contribution in [0.5, 0.6) is 23.0 Å². The molecule has 2 aromatic carbocycles. The first-order valence-corrected chi connectivity index (χ1v) is 10.8. The zero-order chi connectivity index (χ0) is 26.5. The Morgan fingerprint density at radius 2 is 1.39 bits per heavy atom. The second-order valence-electron chi connectivity index (χ2n) is 8.29. The third-order valence-corrected chi connectivity index (χ3v) is 5.63. The van der Waals surface area contributed by atoms with E-state index in [-0.39, 0.29) is 23.9 Å². The molecule has 0 heterocycles. The van der Waals surface area contributed by atoms with E-state index in [0.29, 0.717) is 11.1 Å². The number of carbonyl (C=O) groups is 2. The van der Waals surface area contributed by atoms with Crippen LogP contribution in [0.2, 0.25) is 0 Å². The summed E-state index contributed by atoms with van der Waals surface area (Å²) in [6.07, 6.45) is 0.120. The average Bonchev–Trinajstić information content (AvgIpc) is 2.81. The molecule has 3 rings (SSSR count). The fourth-order valence-electron chi connectivity index (χ4n) is 3.80. The minimum absolute atomic E-state index is 0.0670. The van der Waals surface area contributed by atoms with Gasteiger partial charge >= 0.3 is 11.9 Å². The number of benzene rings is 2. The Labute approximate surface area is 205 Å². The largest absolute Gasteiger partial charge is 0.504 e. The number of carbonyl (C=O) groups excluding carboxylic acids is 1. The van der Waals surface area contributed by atoms with E-state index in [1.807, 2.05) is 0 Å². The van der Waals surface area contributed by atoms with E-state index in [1.54, 1.807) is 12.1 Å². The molecule has 0 spiro atoms. The summed E-state index contributed by atoms with van der Waals surface area (Å²) in [6, 6.07) is 7.97. The summed E-state index contributed by atoms with van der Waals surface area (Å²) in [6.45, 7) is -0.0670. The van der Waals surface area contributed by atoms with Crippen LogP contribution in [0.3, 0.4) is 0 Å². The van der Waals surface area contributed by atoms with E-state index < -0.39 is 54.4 Å². The minimum atomic E-state index is -2.20. The second kappa shape index (κ2) is 11.1. The molecule has 192 valence electrons. The monoisotopic (exact) mass is 502 g/mol. The molecule has 0 aromatic heterocycles. The first-order valence-electron chi connectivity index (χ1n) is 10.8. The van der Waals surface area contributed by atoms with Crippen molar-refractivity contribution in [3.63, 3.8) is 0 Å². The van der Waals surface area contributed by atoms with Gasteiger partial charge in [-0.05, 0) is 41.5 Å². The van der Waals surface area contributed by atoms with Gasteiger partial charge in [-0.2, -0.15) is 0 Å². The van der Waals surface area contributed by atoms with Gasteiger partial charge in [0.1, 0.15) is 6.10 Å². The van der Waals surface area contributed by atoms with Gasteiger partial charge in [0.05, 0.1) is 18.8 Å². The van der Waals surface area contributed by atoms with Gasteiger partial charge in [-0.15, -0.1) is 0 Å². The molecular formula is C25H26O11. The van der Waals surface area contributed by atoms with Gasteiger partial charge in [0, 0.05) is 18.9 Å². The molecular weight excluding hydrogens is 476 g/mol. The highest BCUT2D eigenvalue weighted by Gasteiger charge is 2.53. The zero-order valence-electron chi connectivity index (χ0n) is 18.9. The highest BCUT2D eigenvalue weighted by molar-refractivity contribution is 5.90. The van der Waals surface area contributed by atoms with Crippen LogP contribution in [0.4, 0.5) is 0 Å². The molecule has 0 saturated heterocycles. The minimum Gasteiger partial charge on any atom is -0.504 e. The van der Waals surface area contributed by atoms with Crippen LogP contribution in [0.25, 0.3) is 12.2 Å². The second-order valence-corrected chi connectivity index (χ2v) is 8.29. The Morgan fingerprint density at radius 1 is 0.861 bits per heavy atom. The summed E-state index contributed by atoms with van der Waals surface area (Å²) in [5.74, 6) is -3.93.